The Hall–Kier alpha value is -1.09. The highest BCUT2D eigenvalue weighted by molar-refractivity contribution is 5.47. The van der Waals surface area contributed by atoms with Gasteiger partial charge in [0.15, 0.2) is 0 Å². The highest BCUT2D eigenvalue weighted by Gasteiger charge is 2.22. The molecule has 102 valence electrons. The minimum atomic E-state index is -0.190. The third-order valence-corrected chi connectivity index (χ3v) is 3.52. The molecule has 0 radical (unpaired) electrons. The lowest BCUT2D eigenvalue weighted by atomic mass is 9.95. The van der Waals surface area contributed by atoms with E-state index in [0.717, 1.165) is 25.1 Å². The van der Waals surface area contributed by atoms with E-state index in [0.29, 0.717) is 12.5 Å². The summed E-state index contributed by atoms with van der Waals surface area (Å²) in [5.74, 6) is 0.327. The van der Waals surface area contributed by atoms with Crippen molar-refractivity contribution in [3.8, 4) is 0 Å². The maximum atomic E-state index is 13.3. The molecule has 3 heteroatoms. The second kappa shape index (κ2) is 7.37. The Labute approximate surface area is 110 Å². The minimum absolute atomic E-state index is 0.190. The lowest BCUT2D eigenvalue weighted by Crippen LogP contribution is -2.45. The zero-order valence-electron chi connectivity index (χ0n) is 11.7. The van der Waals surface area contributed by atoms with Crippen molar-refractivity contribution in [1.82, 2.24) is 0 Å². The number of rotatable bonds is 7. The lowest BCUT2D eigenvalue weighted by Gasteiger charge is -2.36. The predicted octanol–water partition coefficient (Wildman–Crippen LogP) is 3.42. The van der Waals surface area contributed by atoms with Gasteiger partial charge in [0.1, 0.15) is 5.82 Å². The standard InChI is InChI=1S/C15H25FN2/c1-4-7-12(3)15(11-17)18(5-2)14-9-6-8-13(16)10-14/h6,8-10,12,15H,4-5,7,11,17H2,1-3H3. The van der Waals surface area contributed by atoms with Gasteiger partial charge in [0, 0.05) is 24.8 Å². The summed E-state index contributed by atoms with van der Waals surface area (Å²) >= 11 is 0. The first kappa shape index (κ1) is 15.0. The molecule has 2 unspecified atom stereocenters. The van der Waals surface area contributed by atoms with Crippen molar-refractivity contribution in [3.63, 3.8) is 0 Å². The molecule has 0 saturated heterocycles. The molecular formula is C15H25FN2. The fourth-order valence-corrected chi connectivity index (χ4v) is 2.58. The summed E-state index contributed by atoms with van der Waals surface area (Å²) in [6.07, 6.45) is 2.30. The van der Waals surface area contributed by atoms with E-state index in [1.807, 2.05) is 6.07 Å². The summed E-state index contributed by atoms with van der Waals surface area (Å²) in [4.78, 5) is 2.21. The van der Waals surface area contributed by atoms with Gasteiger partial charge in [-0.05, 0) is 37.5 Å². The Bertz CT molecular complexity index is 354. The lowest BCUT2D eigenvalue weighted by molar-refractivity contribution is 0.404. The van der Waals surface area contributed by atoms with Crippen LogP contribution in [0.4, 0.5) is 10.1 Å². The van der Waals surface area contributed by atoms with E-state index in [1.54, 1.807) is 12.1 Å². The average Bonchev–Trinajstić information content (AvgIpc) is 2.35. The summed E-state index contributed by atoms with van der Waals surface area (Å²) in [6, 6.07) is 7.05. The monoisotopic (exact) mass is 252 g/mol. The number of hydrogen-bond acceptors (Lipinski definition) is 2. The maximum absolute atomic E-state index is 13.3. The van der Waals surface area contributed by atoms with E-state index in [4.69, 9.17) is 5.73 Å². The number of anilines is 1. The van der Waals surface area contributed by atoms with E-state index < -0.39 is 0 Å². The van der Waals surface area contributed by atoms with Gasteiger partial charge in [-0.25, -0.2) is 4.39 Å². The molecule has 0 spiro atoms. The van der Waals surface area contributed by atoms with Crippen LogP contribution in [0, 0.1) is 11.7 Å². The smallest absolute Gasteiger partial charge is 0.125 e. The molecule has 0 aromatic heterocycles. The second-order valence-corrected chi connectivity index (χ2v) is 4.83. The summed E-state index contributed by atoms with van der Waals surface area (Å²) in [5.41, 5.74) is 6.85. The van der Waals surface area contributed by atoms with Gasteiger partial charge in [0.25, 0.3) is 0 Å². The number of halogens is 1. The minimum Gasteiger partial charge on any atom is -0.367 e. The molecule has 0 amide bonds. The molecule has 0 heterocycles. The van der Waals surface area contributed by atoms with E-state index >= 15 is 0 Å². The van der Waals surface area contributed by atoms with Crippen molar-refractivity contribution in [2.45, 2.75) is 39.7 Å². The normalized spacial score (nSPS) is 14.3. The maximum Gasteiger partial charge on any atom is 0.125 e. The highest BCUT2D eigenvalue weighted by atomic mass is 19.1. The van der Waals surface area contributed by atoms with Gasteiger partial charge in [-0.2, -0.15) is 0 Å². The van der Waals surface area contributed by atoms with Gasteiger partial charge in [0.05, 0.1) is 0 Å². The van der Waals surface area contributed by atoms with Gasteiger partial charge < -0.3 is 10.6 Å². The van der Waals surface area contributed by atoms with Crippen molar-refractivity contribution in [3.05, 3.63) is 30.1 Å². The van der Waals surface area contributed by atoms with Crippen LogP contribution in [-0.2, 0) is 0 Å². The largest absolute Gasteiger partial charge is 0.367 e. The molecule has 0 aliphatic carbocycles. The molecule has 18 heavy (non-hydrogen) atoms. The molecule has 2 nitrogen and oxygen atoms in total. The number of benzene rings is 1. The van der Waals surface area contributed by atoms with Gasteiger partial charge >= 0.3 is 0 Å². The van der Waals surface area contributed by atoms with Gasteiger partial charge in [-0.1, -0.05) is 26.3 Å². The first-order chi connectivity index (χ1) is 8.63. The summed E-state index contributed by atoms with van der Waals surface area (Å²) in [6.45, 7) is 7.95. The van der Waals surface area contributed by atoms with E-state index in [9.17, 15) is 4.39 Å². The molecule has 0 bridgehead atoms. The molecule has 2 N–H and O–H groups in total. The van der Waals surface area contributed by atoms with Crippen LogP contribution in [-0.4, -0.2) is 19.1 Å². The fourth-order valence-electron chi connectivity index (χ4n) is 2.58. The Morgan fingerprint density at radius 2 is 2.06 bits per heavy atom. The first-order valence-corrected chi connectivity index (χ1v) is 6.86. The molecule has 2 atom stereocenters. The van der Waals surface area contributed by atoms with E-state index in [2.05, 4.69) is 25.7 Å². The van der Waals surface area contributed by atoms with Crippen LogP contribution in [0.5, 0.6) is 0 Å². The summed E-state index contributed by atoms with van der Waals surface area (Å²) in [5, 5.41) is 0. The molecule has 1 rings (SSSR count). The van der Waals surface area contributed by atoms with Gasteiger partial charge in [-0.15, -0.1) is 0 Å². The van der Waals surface area contributed by atoms with Gasteiger partial charge in [0.2, 0.25) is 0 Å². The van der Waals surface area contributed by atoms with Crippen molar-refractivity contribution < 1.29 is 4.39 Å². The third kappa shape index (κ3) is 3.70. The van der Waals surface area contributed by atoms with Crippen LogP contribution in [0.3, 0.4) is 0 Å². The quantitative estimate of drug-likeness (QED) is 0.805. The SMILES string of the molecule is CCCC(C)C(CN)N(CC)c1cccc(F)c1. The van der Waals surface area contributed by atoms with E-state index in [1.165, 1.54) is 6.07 Å². The van der Waals surface area contributed by atoms with Crippen LogP contribution in [0.2, 0.25) is 0 Å². The van der Waals surface area contributed by atoms with Crippen molar-refractivity contribution in [2.75, 3.05) is 18.0 Å². The highest BCUT2D eigenvalue weighted by Crippen LogP contribution is 2.23. The molecule has 0 saturated carbocycles. The Kier molecular flexibility index (Phi) is 6.13. The molecule has 1 aromatic rings. The molecule has 1 aromatic carbocycles. The topological polar surface area (TPSA) is 29.3 Å². The van der Waals surface area contributed by atoms with Crippen molar-refractivity contribution in [1.29, 1.82) is 0 Å². The molecule has 0 aliphatic rings. The van der Waals surface area contributed by atoms with E-state index in [-0.39, 0.29) is 11.9 Å². The molecule has 0 fully saturated rings. The van der Waals surface area contributed by atoms with Crippen LogP contribution in [0.25, 0.3) is 0 Å². The van der Waals surface area contributed by atoms with Crippen LogP contribution >= 0.6 is 0 Å². The van der Waals surface area contributed by atoms with Crippen LogP contribution in [0.15, 0.2) is 24.3 Å². The van der Waals surface area contributed by atoms with Gasteiger partial charge in [-0.3, -0.25) is 0 Å². The Morgan fingerprint density at radius 1 is 1.33 bits per heavy atom. The Balaban J connectivity index is 2.92. The zero-order chi connectivity index (χ0) is 13.5. The molecule has 0 aliphatic heterocycles. The fraction of sp³-hybridized carbons (Fsp3) is 0.600. The average molecular weight is 252 g/mol. The zero-order valence-corrected chi connectivity index (χ0v) is 11.7. The predicted molar refractivity (Wildman–Crippen MR) is 76.3 cm³/mol. The van der Waals surface area contributed by atoms with Crippen molar-refractivity contribution >= 4 is 5.69 Å². The van der Waals surface area contributed by atoms with Crippen molar-refractivity contribution in [2.24, 2.45) is 11.7 Å². The van der Waals surface area contributed by atoms with Crippen LogP contribution in [0.1, 0.15) is 33.6 Å². The number of likely N-dealkylation sites (N-methyl/N-ethyl adjacent to an activating group) is 1. The summed E-state index contributed by atoms with van der Waals surface area (Å²) in [7, 11) is 0. The summed E-state index contributed by atoms with van der Waals surface area (Å²) < 4.78 is 13.3. The first-order valence-electron chi connectivity index (χ1n) is 6.86. The third-order valence-electron chi connectivity index (χ3n) is 3.52. The second-order valence-electron chi connectivity index (χ2n) is 4.83. The number of nitrogens with zero attached hydrogens (tertiary/aromatic N) is 1. The van der Waals surface area contributed by atoms with Crippen LogP contribution < -0.4 is 10.6 Å². The molecular weight excluding hydrogens is 227 g/mol. The number of nitrogens with two attached hydrogens (primary N) is 1. The Morgan fingerprint density at radius 3 is 2.56 bits per heavy atom. The number of hydrogen-bond donors (Lipinski definition) is 1.